The second kappa shape index (κ2) is 8.23. The molecule has 3 aliphatic carbocycles. The van der Waals surface area contributed by atoms with Crippen LogP contribution < -0.4 is 10.7 Å². The monoisotopic (exact) mass is 430 g/mol. The molecule has 0 bridgehead atoms. The van der Waals surface area contributed by atoms with E-state index in [9.17, 15) is 4.79 Å². The van der Waals surface area contributed by atoms with Crippen LogP contribution in [-0.2, 0) is 4.79 Å². The van der Waals surface area contributed by atoms with Crippen molar-refractivity contribution < 1.29 is 4.79 Å². The molecule has 5 rings (SSSR count). The summed E-state index contributed by atoms with van der Waals surface area (Å²) in [5, 5.41) is 6.40. The number of amidine groups is 1. The lowest BCUT2D eigenvalue weighted by molar-refractivity contribution is -0.130. The average molecular weight is 431 g/mol. The maximum absolute atomic E-state index is 12.7. The highest BCUT2D eigenvalue weighted by molar-refractivity contribution is 8.00. The normalized spacial score (nSPS) is 31.7. The maximum atomic E-state index is 12.7. The molecule has 1 amide bonds. The molecule has 3 unspecified atom stereocenters. The van der Waals surface area contributed by atoms with Crippen LogP contribution in [0.25, 0.3) is 0 Å². The summed E-state index contributed by atoms with van der Waals surface area (Å²) in [7, 11) is 0. The molecular formula is C22H27ClN4OS. The van der Waals surface area contributed by atoms with Gasteiger partial charge >= 0.3 is 0 Å². The summed E-state index contributed by atoms with van der Waals surface area (Å²) < 4.78 is 0. The molecule has 2 heterocycles. The first-order valence-electron chi connectivity index (χ1n) is 10.7. The minimum absolute atomic E-state index is 0.0224. The van der Waals surface area contributed by atoms with Crippen molar-refractivity contribution in [2.45, 2.75) is 56.5 Å². The van der Waals surface area contributed by atoms with Crippen molar-refractivity contribution in [2.75, 3.05) is 5.75 Å². The Bertz CT molecular complexity index is 842. The number of thioether (sulfide) groups is 1. The summed E-state index contributed by atoms with van der Waals surface area (Å²) >= 11 is 8.44. The number of hydrazine groups is 1. The van der Waals surface area contributed by atoms with Crippen molar-refractivity contribution in [1.82, 2.24) is 15.8 Å². The first-order chi connectivity index (χ1) is 14.2. The van der Waals surface area contributed by atoms with Gasteiger partial charge in [0.2, 0.25) is 6.29 Å². The van der Waals surface area contributed by atoms with Gasteiger partial charge in [-0.25, -0.2) is 10.0 Å². The Morgan fingerprint density at radius 2 is 2.07 bits per heavy atom. The Kier molecular flexibility index (Phi) is 5.48. The van der Waals surface area contributed by atoms with Gasteiger partial charge in [0.1, 0.15) is 5.84 Å². The maximum Gasteiger partial charge on any atom is 0.270 e. The third-order valence-electron chi connectivity index (χ3n) is 6.47. The van der Waals surface area contributed by atoms with Gasteiger partial charge in [-0.1, -0.05) is 36.2 Å². The van der Waals surface area contributed by atoms with E-state index in [-0.39, 0.29) is 12.2 Å². The molecule has 3 atom stereocenters. The average Bonchev–Trinajstić information content (AvgIpc) is 3.13. The summed E-state index contributed by atoms with van der Waals surface area (Å²) in [6.07, 6.45) is 18.0. The molecule has 0 aromatic rings. The molecule has 0 aromatic heterocycles. The molecule has 29 heavy (non-hydrogen) atoms. The van der Waals surface area contributed by atoms with Gasteiger partial charge in [0.15, 0.2) is 0 Å². The van der Waals surface area contributed by atoms with Crippen LogP contribution >= 0.6 is 23.4 Å². The quantitative estimate of drug-likeness (QED) is 0.641. The van der Waals surface area contributed by atoms with E-state index in [0.717, 1.165) is 48.0 Å². The summed E-state index contributed by atoms with van der Waals surface area (Å²) in [5.41, 5.74) is 5.61. The fourth-order valence-electron chi connectivity index (χ4n) is 4.62. The minimum atomic E-state index is -0.333. The Hall–Kier alpha value is -1.66. The number of hydrogen-bond acceptors (Lipinski definition) is 5. The van der Waals surface area contributed by atoms with E-state index in [1.807, 2.05) is 11.8 Å². The number of amides is 1. The first-order valence-corrected chi connectivity index (χ1v) is 12.1. The molecule has 0 radical (unpaired) electrons. The summed E-state index contributed by atoms with van der Waals surface area (Å²) in [5.74, 6) is 2.70. The summed E-state index contributed by atoms with van der Waals surface area (Å²) in [6, 6.07) is 0. The lowest BCUT2D eigenvalue weighted by Gasteiger charge is -2.35. The van der Waals surface area contributed by atoms with E-state index in [0.29, 0.717) is 17.1 Å². The third kappa shape index (κ3) is 3.89. The second-order valence-electron chi connectivity index (χ2n) is 8.37. The topological polar surface area (TPSA) is 56.7 Å². The van der Waals surface area contributed by atoms with Crippen molar-refractivity contribution in [1.29, 1.82) is 0 Å². The standard InChI is InChI=1S/C22H27ClN4OS/c23-17-10-5-11-18(20(17)14-8-4-9-14)29-13-16-12-19(28)27-22(24-16)25-21(26-27)15-6-2-1-3-7-15/h1-2,5,10,12,14-15,18,22,24H,3-4,6-9,11,13H2,(H,25,26). The Morgan fingerprint density at radius 1 is 1.17 bits per heavy atom. The molecule has 0 saturated heterocycles. The molecule has 1 saturated carbocycles. The summed E-state index contributed by atoms with van der Waals surface area (Å²) in [4.78, 5) is 17.4. The van der Waals surface area contributed by atoms with Gasteiger partial charge in [0.05, 0.1) is 0 Å². The van der Waals surface area contributed by atoms with Crippen molar-refractivity contribution >= 4 is 35.1 Å². The molecule has 0 spiro atoms. The van der Waals surface area contributed by atoms with Gasteiger partial charge < -0.3 is 5.32 Å². The van der Waals surface area contributed by atoms with E-state index in [1.54, 1.807) is 11.1 Å². The van der Waals surface area contributed by atoms with Crippen LogP contribution in [0.3, 0.4) is 0 Å². The molecule has 154 valence electrons. The van der Waals surface area contributed by atoms with Crippen LogP contribution in [-0.4, -0.2) is 34.0 Å². The SMILES string of the molecule is O=C1C=C(CSC2CC=CC(Cl)=C2C2CCC2)NC2N=C(C3CC=CCC3)NN12. The molecule has 5 aliphatic rings. The molecular weight excluding hydrogens is 404 g/mol. The molecule has 7 heteroatoms. The van der Waals surface area contributed by atoms with E-state index in [4.69, 9.17) is 16.6 Å². The lowest BCUT2D eigenvalue weighted by Crippen LogP contribution is -2.53. The van der Waals surface area contributed by atoms with E-state index >= 15 is 0 Å². The van der Waals surface area contributed by atoms with E-state index in [2.05, 4.69) is 35.0 Å². The van der Waals surface area contributed by atoms with Gasteiger partial charge in [-0.2, -0.15) is 0 Å². The van der Waals surface area contributed by atoms with Crippen LogP contribution in [0.4, 0.5) is 0 Å². The van der Waals surface area contributed by atoms with Crippen LogP contribution in [0.15, 0.2) is 51.7 Å². The number of nitrogens with one attached hydrogen (secondary N) is 2. The number of nitrogens with zero attached hydrogens (tertiary/aromatic N) is 2. The van der Waals surface area contributed by atoms with Crippen molar-refractivity contribution in [2.24, 2.45) is 16.8 Å². The number of allylic oxidation sites excluding steroid dienone is 5. The summed E-state index contributed by atoms with van der Waals surface area (Å²) in [6.45, 7) is 0. The lowest BCUT2D eigenvalue weighted by atomic mass is 9.77. The van der Waals surface area contributed by atoms with Gasteiger partial charge in [-0.15, -0.1) is 11.8 Å². The van der Waals surface area contributed by atoms with Gasteiger partial charge in [0, 0.05) is 33.7 Å². The highest BCUT2D eigenvalue weighted by atomic mass is 35.5. The van der Waals surface area contributed by atoms with Gasteiger partial charge in [-0.3, -0.25) is 10.2 Å². The fraction of sp³-hybridized carbons (Fsp3) is 0.545. The van der Waals surface area contributed by atoms with Crippen molar-refractivity contribution in [3.63, 3.8) is 0 Å². The smallest absolute Gasteiger partial charge is 0.270 e. The largest absolute Gasteiger partial charge is 0.348 e. The minimum Gasteiger partial charge on any atom is -0.348 e. The number of rotatable bonds is 5. The van der Waals surface area contributed by atoms with Gasteiger partial charge in [-0.05, 0) is 56.1 Å². The predicted molar refractivity (Wildman–Crippen MR) is 119 cm³/mol. The molecule has 2 N–H and O–H groups in total. The zero-order valence-electron chi connectivity index (χ0n) is 16.4. The van der Waals surface area contributed by atoms with Gasteiger partial charge in [0.25, 0.3) is 5.91 Å². The van der Waals surface area contributed by atoms with E-state index in [1.165, 1.54) is 24.8 Å². The van der Waals surface area contributed by atoms with Crippen molar-refractivity contribution in [3.05, 3.63) is 46.7 Å². The van der Waals surface area contributed by atoms with E-state index < -0.39 is 0 Å². The number of hydrogen-bond donors (Lipinski definition) is 2. The Balaban J connectivity index is 1.23. The molecule has 0 aromatic carbocycles. The molecule has 2 aliphatic heterocycles. The van der Waals surface area contributed by atoms with Crippen LogP contribution in [0, 0.1) is 11.8 Å². The number of carbonyl (C=O) groups excluding carboxylic acids is 1. The Labute approximate surface area is 181 Å². The number of carbonyl (C=O) groups is 1. The van der Waals surface area contributed by atoms with Crippen LogP contribution in [0.1, 0.15) is 44.9 Å². The second-order valence-corrected chi connectivity index (χ2v) is 9.97. The van der Waals surface area contributed by atoms with Crippen molar-refractivity contribution in [3.8, 4) is 0 Å². The molecule has 1 fully saturated rings. The number of halogens is 1. The number of fused-ring (bicyclic) bond motifs is 1. The fourth-order valence-corrected chi connectivity index (χ4v) is 6.35. The Morgan fingerprint density at radius 3 is 2.83 bits per heavy atom. The zero-order chi connectivity index (χ0) is 19.8. The number of aliphatic imine (C=N–C) groups is 1. The predicted octanol–water partition coefficient (Wildman–Crippen LogP) is 4.21. The molecule has 5 nitrogen and oxygen atoms in total. The third-order valence-corrected chi connectivity index (χ3v) is 8.14. The highest BCUT2D eigenvalue weighted by Crippen LogP contribution is 2.44. The first kappa shape index (κ1) is 19.3. The highest BCUT2D eigenvalue weighted by Gasteiger charge is 2.36. The van der Waals surface area contributed by atoms with Crippen LogP contribution in [0.5, 0.6) is 0 Å². The van der Waals surface area contributed by atoms with Crippen LogP contribution in [0.2, 0.25) is 0 Å². The zero-order valence-corrected chi connectivity index (χ0v) is 18.0.